The summed E-state index contributed by atoms with van der Waals surface area (Å²) in [4.78, 5) is 24.6. The highest BCUT2D eigenvalue weighted by atomic mass is 16.4. The van der Waals surface area contributed by atoms with Gasteiger partial charge in [-0.05, 0) is 43.3 Å². The molecule has 5 nitrogen and oxygen atoms in total. The van der Waals surface area contributed by atoms with Crippen LogP contribution in [0.2, 0.25) is 0 Å². The van der Waals surface area contributed by atoms with Crippen molar-refractivity contribution in [3.63, 3.8) is 0 Å². The molecule has 2 rings (SSSR count). The predicted octanol–water partition coefficient (Wildman–Crippen LogP) is 1.20. The van der Waals surface area contributed by atoms with E-state index in [1.807, 2.05) is 6.92 Å². The Morgan fingerprint density at radius 3 is 2.32 bits per heavy atom. The zero-order valence-corrected chi connectivity index (χ0v) is 11.1. The summed E-state index contributed by atoms with van der Waals surface area (Å²) in [5, 5.41) is 12.0. The first kappa shape index (κ1) is 13.5. The molecule has 2 N–H and O–H groups in total. The molecule has 19 heavy (non-hydrogen) atoms. The smallest absolute Gasteiger partial charge is 0.335 e. The van der Waals surface area contributed by atoms with Gasteiger partial charge in [0.05, 0.1) is 5.56 Å². The summed E-state index contributed by atoms with van der Waals surface area (Å²) in [6.45, 7) is 3.72. The van der Waals surface area contributed by atoms with Gasteiger partial charge in [-0.2, -0.15) is 0 Å². The highest BCUT2D eigenvalue weighted by Gasteiger charge is 2.30. The first-order valence-electron chi connectivity index (χ1n) is 6.32. The number of aromatic carboxylic acids is 1. The van der Waals surface area contributed by atoms with Crippen LogP contribution in [0.15, 0.2) is 24.3 Å². The van der Waals surface area contributed by atoms with Crippen molar-refractivity contribution in [2.24, 2.45) is 11.8 Å². The Balaban J connectivity index is 2.07. The maximum atomic E-state index is 12.3. The van der Waals surface area contributed by atoms with Gasteiger partial charge in [0, 0.05) is 18.7 Å². The lowest BCUT2D eigenvalue weighted by Crippen LogP contribution is -2.50. The van der Waals surface area contributed by atoms with Gasteiger partial charge in [-0.1, -0.05) is 6.92 Å². The van der Waals surface area contributed by atoms with Crippen molar-refractivity contribution in [1.29, 1.82) is 0 Å². The summed E-state index contributed by atoms with van der Waals surface area (Å²) in [7, 11) is 1.72. The van der Waals surface area contributed by atoms with E-state index in [4.69, 9.17) is 5.11 Å². The number of carbonyl (C=O) groups excluding carboxylic acids is 1. The third kappa shape index (κ3) is 2.76. The molecule has 1 unspecified atom stereocenters. The molecule has 1 aromatic carbocycles. The second-order valence-electron chi connectivity index (χ2n) is 4.96. The van der Waals surface area contributed by atoms with Crippen molar-refractivity contribution < 1.29 is 14.7 Å². The van der Waals surface area contributed by atoms with E-state index in [0.29, 0.717) is 11.6 Å². The normalized spacial score (nSPS) is 16.5. The van der Waals surface area contributed by atoms with E-state index < -0.39 is 5.97 Å². The van der Waals surface area contributed by atoms with Crippen LogP contribution in [0.4, 0.5) is 5.69 Å². The Morgan fingerprint density at radius 2 is 1.89 bits per heavy atom. The van der Waals surface area contributed by atoms with Gasteiger partial charge in [-0.25, -0.2) is 4.79 Å². The van der Waals surface area contributed by atoms with E-state index in [1.165, 1.54) is 12.1 Å². The molecule has 102 valence electrons. The third-order valence-corrected chi connectivity index (χ3v) is 3.74. The van der Waals surface area contributed by atoms with E-state index >= 15 is 0 Å². The quantitative estimate of drug-likeness (QED) is 0.855. The SMILES string of the molecule is CC(C(=O)N(C)c1ccc(C(=O)O)cc1)C1CNC1. The molecule has 1 amide bonds. The number of carboxylic acid groups (broad SMARTS) is 1. The Morgan fingerprint density at radius 1 is 1.32 bits per heavy atom. The van der Waals surface area contributed by atoms with Gasteiger partial charge < -0.3 is 15.3 Å². The molecule has 1 heterocycles. The molecule has 1 atom stereocenters. The van der Waals surface area contributed by atoms with Crippen molar-refractivity contribution in [2.45, 2.75) is 6.92 Å². The molecule has 5 heteroatoms. The van der Waals surface area contributed by atoms with Crippen molar-refractivity contribution in [1.82, 2.24) is 5.32 Å². The van der Waals surface area contributed by atoms with Gasteiger partial charge in [0.1, 0.15) is 0 Å². The van der Waals surface area contributed by atoms with Crippen LogP contribution < -0.4 is 10.2 Å². The molecule has 0 radical (unpaired) electrons. The molecule has 1 aromatic rings. The average Bonchev–Trinajstić information content (AvgIpc) is 2.35. The number of anilines is 1. The van der Waals surface area contributed by atoms with Crippen molar-refractivity contribution in [3.8, 4) is 0 Å². The number of hydrogen-bond acceptors (Lipinski definition) is 3. The second kappa shape index (κ2) is 5.40. The summed E-state index contributed by atoms with van der Waals surface area (Å²) < 4.78 is 0. The Kier molecular flexibility index (Phi) is 3.85. The monoisotopic (exact) mass is 262 g/mol. The van der Waals surface area contributed by atoms with E-state index in [-0.39, 0.29) is 17.4 Å². The Hall–Kier alpha value is -1.88. The summed E-state index contributed by atoms with van der Waals surface area (Å²) in [6.07, 6.45) is 0. The van der Waals surface area contributed by atoms with Crippen LogP contribution in [0.1, 0.15) is 17.3 Å². The number of carboxylic acids is 1. The van der Waals surface area contributed by atoms with Crippen LogP contribution >= 0.6 is 0 Å². The van der Waals surface area contributed by atoms with Gasteiger partial charge in [0.2, 0.25) is 5.91 Å². The van der Waals surface area contributed by atoms with Crippen LogP contribution in [0.5, 0.6) is 0 Å². The van der Waals surface area contributed by atoms with E-state index in [9.17, 15) is 9.59 Å². The lowest BCUT2D eigenvalue weighted by atomic mass is 9.88. The van der Waals surface area contributed by atoms with Crippen molar-refractivity contribution in [3.05, 3.63) is 29.8 Å². The van der Waals surface area contributed by atoms with E-state index in [1.54, 1.807) is 24.1 Å². The zero-order valence-electron chi connectivity index (χ0n) is 11.1. The molecule has 0 saturated carbocycles. The van der Waals surface area contributed by atoms with Crippen molar-refractivity contribution >= 4 is 17.6 Å². The minimum Gasteiger partial charge on any atom is -0.478 e. The highest BCUT2D eigenvalue weighted by Crippen LogP contribution is 2.22. The molecular weight excluding hydrogens is 244 g/mol. The number of benzene rings is 1. The molecule has 1 aliphatic rings. The first-order valence-corrected chi connectivity index (χ1v) is 6.32. The molecule has 0 spiro atoms. The summed E-state index contributed by atoms with van der Waals surface area (Å²) in [5.74, 6) is -0.525. The Labute approximate surface area is 112 Å². The van der Waals surface area contributed by atoms with Gasteiger partial charge in [-0.15, -0.1) is 0 Å². The van der Waals surface area contributed by atoms with Gasteiger partial charge in [0.15, 0.2) is 0 Å². The largest absolute Gasteiger partial charge is 0.478 e. The number of rotatable bonds is 4. The van der Waals surface area contributed by atoms with E-state index in [0.717, 1.165) is 13.1 Å². The number of nitrogens with zero attached hydrogens (tertiary/aromatic N) is 1. The fraction of sp³-hybridized carbons (Fsp3) is 0.429. The molecule has 0 aliphatic carbocycles. The Bertz CT molecular complexity index is 480. The average molecular weight is 262 g/mol. The van der Waals surface area contributed by atoms with Crippen molar-refractivity contribution in [2.75, 3.05) is 25.0 Å². The van der Waals surface area contributed by atoms with Crippen LogP contribution in [0, 0.1) is 11.8 Å². The third-order valence-electron chi connectivity index (χ3n) is 3.74. The summed E-state index contributed by atoms with van der Waals surface area (Å²) in [6, 6.07) is 6.34. The molecule has 1 aliphatic heterocycles. The standard InChI is InChI=1S/C14H18N2O3/c1-9(11-7-15-8-11)13(17)16(2)12-5-3-10(4-6-12)14(18)19/h3-6,9,11,15H,7-8H2,1-2H3,(H,18,19). The fourth-order valence-corrected chi connectivity index (χ4v) is 2.13. The first-order chi connectivity index (χ1) is 9.00. The van der Waals surface area contributed by atoms with Crippen LogP contribution in [-0.4, -0.2) is 37.1 Å². The minimum absolute atomic E-state index is 0.0228. The van der Waals surface area contributed by atoms with Crippen LogP contribution in [-0.2, 0) is 4.79 Å². The summed E-state index contributed by atoms with van der Waals surface area (Å²) >= 11 is 0. The van der Waals surface area contributed by atoms with Crippen LogP contribution in [0.3, 0.4) is 0 Å². The molecule has 1 saturated heterocycles. The summed E-state index contributed by atoms with van der Waals surface area (Å²) in [5.41, 5.74) is 0.940. The minimum atomic E-state index is -0.963. The number of nitrogens with one attached hydrogen (secondary N) is 1. The second-order valence-corrected chi connectivity index (χ2v) is 4.96. The molecule has 1 fully saturated rings. The fourth-order valence-electron chi connectivity index (χ4n) is 2.13. The van der Waals surface area contributed by atoms with Gasteiger partial charge in [-0.3, -0.25) is 4.79 Å². The van der Waals surface area contributed by atoms with Crippen LogP contribution in [0.25, 0.3) is 0 Å². The maximum absolute atomic E-state index is 12.3. The number of amides is 1. The number of hydrogen-bond donors (Lipinski definition) is 2. The molecular formula is C14H18N2O3. The molecule has 0 bridgehead atoms. The number of carbonyl (C=O) groups is 2. The topological polar surface area (TPSA) is 69.6 Å². The lowest BCUT2D eigenvalue weighted by molar-refractivity contribution is -0.123. The zero-order chi connectivity index (χ0) is 14.0. The van der Waals surface area contributed by atoms with Gasteiger partial charge in [0.25, 0.3) is 0 Å². The molecule has 0 aromatic heterocycles. The predicted molar refractivity (Wildman–Crippen MR) is 72.3 cm³/mol. The van der Waals surface area contributed by atoms with Gasteiger partial charge >= 0.3 is 5.97 Å². The maximum Gasteiger partial charge on any atom is 0.335 e. The lowest BCUT2D eigenvalue weighted by Gasteiger charge is -2.34. The van der Waals surface area contributed by atoms with E-state index in [2.05, 4.69) is 5.32 Å². The highest BCUT2D eigenvalue weighted by molar-refractivity contribution is 5.95.